The minimum absolute atomic E-state index is 0.167. The number of hydrogen-bond acceptors (Lipinski definition) is 4. The van der Waals surface area contributed by atoms with Crippen molar-refractivity contribution in [2.75, 3.05) is 24.4 Å². The zero-order valence-corrected chi connectivity index (χ0v) is 17.0. The van der Waals surface area contributed by atoms with Gasteiger partial charge in [-0.25, -0.2) is 0 Å². The van der Waals surface area contributed by atoms with Crippen LogP contribution in [0.3, 0.4) is 0 Å². The Kier molecular flexibility index (Phi) is 7.27. The molecule has 0 saturated heterocycles. The Labute approximate surface area is 173 Å². The smallest absolute Gasteiger partial charge is 0.0991 e. The summed E-state index contributed by atoms with van der Waals surface area (Å²) in [7, 11) is 1.73. The maximum absolute atomic E-state index is 8.94. The molecule has 0 aliphatic heterocycles. The summed E-state index contributed by atoms with van der Waals surface area (Å²) in [6.45, 7) is 3.42. The van der Waals surface area contributed by atoms with Crippen LogP contribution in [0.4, 0.5) is 11.4 Å². The maximum atomic E-state index is 8.94. The van der Waals surface area contributed by atoms with E-state index in [1.165, 1.54) is 11.1 Å². The summed E-state index contributed by atoms with van der Waals surface area (Å²) in [6.07, 6.45) is 0.887. The molecule has 0 bridgehead atoms. The lowest BCUT2D eigenvalue weighted by Gasteiger charge is -2.22. The van der Waals surface area contributed by atoms with Gasteiger partial charge in [0.15, 0.2) is 0 Å². The first-order valence-corrected chi connectivity index (χ1v) is 9.81. The SMILES string of the molecule is COCC(Cc1ccc(C)cc1)Nc1ccccc1NCc1ccc(C#N)cc1. The molecule has 4 nitrogen and oxygen atoms in total. The Bertz CT molecular complexity index is 943. The van der Waals surface area contributed by atoms with Gasteiger partial charge in [0.25, 0.3) is 0 Å². The molecule has 29 heavy (non-hydrogen) atoms. The topological polar surface area (TPSA) is 57.1 Å². The van der Waals surface area contributed by atoms with Crippen molar-refractivity contribution in [2.24, 2.45) is 0 Å². The van der Waals surface area contributed by atoms with Crippen LogP contribution in [-0.2, 0) is 17.7 Å². The molecule has 2 N–H and O–H groups in total. The number of ether oxygens (including phenoxy) is 1. The molecule has 1 unspecified atom stereocenters. The first kappa shape index (κ1) is 20.4. The van der Waals surface area contributed by atoms with Gasteiger partial charge in [-0.05, 0) is 48.7 Å². The number of methoxy groups -OCH3 is 1. The molecule has 148 valence electrons. The molecule has 0 spiro atoms. The van der Waals surface area contributed by atoms with Gasteiger partial charge >= 0.3 is 0 Å². The second-order valence-corrected chi connectivity index (χ2v) is 7.19. The number of para-hydroxylation sites is 2. The third kappa shape index (κ3) is 6.10. The Morgan fingerprint density at radius 1 is 0.897 bits per heavy atom. The zero-order valence-electron chi connectivity index (χ0n) is 17.0. The summed E-state index contributed by atoms with van der Waals surface area (Å²) in [5, 5.41) is 16.1. The van der Waals surface area contributed by atoms with Crippen LogP contribution in [0.1, 0.15) is 22.3 Å². The van der Waals surface area contributed by atoms with Gasteiger partial charge in [-0.2, -0.15) is 5.26 Å². The van der Waals surface area contributed by atoms with Crippen LogP contribution in [-0.4, -0.2) is 19.8 Å². The van der Waals surface area contributed by atoms with Gasteiger partial charge in [0.1, 0.15) is 0 Å². The molecule has 0 saturated carbocycles. The summed E-state index contributed by atoms with van der Waals surface area (Å²) in [4.78, 5) is 0. The van der Waals surface area contributed by atoms with E-state index in [0.29, 0.717) is 18.7 Å². The van der Waals surface area contributed by atoms with E-state index in [2.05, 4.69) is 60.0 Å². The highest BCUT2D eigenvalue weighted by Gasteiger charge is 2.12. The molecule has 1 atom stereocenters. The van der Waals surface area contributed by atoms with E-state index in [0.717, 1.165) is 23.4 Å². The molecule has 0 aliphatic carbocycles. The van der Waals surface area contributed by atoms with Crippen molar-refractivity contribution in [2.45, 2.75) is 25.9 Å². The Hall–Kier alpha value is -3.29. The van der Waals surface area contributed by atoms with Crippen molar-refractivity contribution in [1.29, 1.82) is 5.26 Å². The molecule has 0 aliphatic rings. The van der Waals surface area contributed by atoms with Crippen molar-refractivity contribution in [3.63, 3.8) is 0 Å². The molecule has 4 heteroatoms. The Balaban J connectivity index is 1.68. The lowest BCUT2D eigenvalue weighted by molar-refractivity contribution is 0.185. The number of hydrogen-bond donors (Lipinski definition) is 2. The standard InChI is InChI=1S/C25H27N3O/c1-19-7-9-20(10-8-19)15-23(18-29-2)28-25-6-4-3-5-24(25)27-17-22-13-11-21(16-26)12-14-22/h3-14,23,27-28H,15,17-18H2,1-2H3. The van der Waals surface area contributed by atoms with E-state index in [1.807, 2.05) is 36.4 Å². The van der Waals surface area contributed by atoms with Gasteiger partial charge in [-0.3, -0.25) is 0 Å². The number of rotatable bonds is 9. The molecule has 0 aromatic heterocycles. The van der Waals surface area contributed by atoms with Crippen LogP contribution in [0.5, 0.6) is 0 Å². The number of nitrogens with one attached hydrogen (secondary N) is 2. The van der Waals surface area contributed by atoms with Crippen LogP contribution in [0.15, 0.2) is 72.8 Å². The van der Waals surface area contributed by atoms with Crippen molar-refractivity contribution >= 4 is 11.4 Å². The first-order chi connectivity index (χ1) is 14.2. The lowest BCUT2D eigenvalue weighted by Crippen LogP contribution is -2.28. The van der Waals surface area contributed by atoms with Crippen LogP contribution in [0.2, 0.25) is 0 Å². The van der Waals surface area contributed by atoms with Crippen LogP contribution in [0, 0.1) is 18.3 Å². The van der Waals surface area contributed by atoms with Crippen LogP contribution >= 0.6 is 0 Å². The average Bonchev–Trinajstić information content (AvgIpc) is 2.75. The molecule has 3 aromatic rings. The highest BCUT2D eigenvalue weighted by atomic mass is 16.5. The van der Waals surface area contributed by atoms with E-state index in [9.17, 15) is 0 Å². The highest BCUT2D eigenvalue weighted by molar-refractivity contribution is 5.69. The number of nitriles is 1. The summed E-state index contributed by atoms with van der Waals surface area (Å²) in [5.41, 5.74) is 6.45. The van der Waals surface area contributed by atoms with Gasteiger partial charge in [0, 0.05) is 13.7 Å². The monoisotopic (exact) mass is 385 g/mol. The van der Waals surface area contributed by atoms with E-state index < -0.39 is 0 Å². The maximum Gasteiger partial charge on any atom is 0.0991 e. The molecule has 0 heterocycles. The number of nitrogens with zero attached hydrogens (tertiary/aromatic N) is 1. The first-order valence-electron chi connectivity index (χ1n) is 9.81. The number of aryl methyl sites for hydroxylation is 1. The summed E-state index contributed by atoms with van der Waals surface area (Å²) < 4.78 is 5.45. The second-order valence-electron chi connectivity index (χ2n) is 7.19. The van der Waals surface area contributed by atoms with Gasteiger partial charge in [0.2, 0.25) is 0 Å². The number of anilines is 2. The lowest BCUT2D eigenvalue weighted by atomic mass is 10.0. The van der Waals surface area contributed by atoms with Gasteiger partial charge in [-0.1, -0.05) is 54.1 Å². The fraction of sp³-hybridized carbons (Fsp3) is 0.240. The van der Waals surface area contributed by atoms with Crippen molar-refractivity contribution < 1.29 is 4.74 Å². The number of benzene rings is 3. The fourth-order valence-electron chi connectivity index (χ4n) is 3.24. The van der Waals surface area contributed by atoms with Gasteiger partial charge in [-0.15, -0.1) is 0 Å². The quantitative estimate of drug-likeness (QED) is 0.535. The predicted octanol–water partition coefficient (Wildman–Crippen LogP) is 5.15. The van der Waals surface area contributed by atoms with Crippen LogP contribution in [0.25, 0.3) is 0 Å². The molecule has 0 radical (unpaired) electrons. The van der Waals surface area contributed by atoms with E-state index in [-0.39, 0.29) is 6.04 Å². The summed E-state index contributed by atoms with van der Waals surface area (Å²) in [6, 6.07) is 26.8. The molecular weight excluding hydrogens is 358 g/mol. The summed E-state index contributed by atoms with van der Waals surface area (Å²) in [5.74, 6) is 0. The minimum Gasteiger partial charge on any atom is -0.383 e. The summed E-state index contributed by atoms with van der Waals surface area (Å²) >= 11 is 0. The predicted molar refractivity (Wildman–Crippen MR) is 119 cm³/mol. The van der Waals surface area contributed by atoms with E-state index >= 15 is 0 Å². The minimum atomic E-state index is 0.167. The third-order valence-corrected chi connectivity index (χ3v) is 4.82. The van der Waals surface area contributed by atoms with E-state index in [1.54, 1.807) is 7.11 Å². The average molecular weight is 386 g/mol. The normalized spacial score (nSPS) is 11.5. The Morgan fingerprint density at radius 2 is 1.55 bits per heavy atom. The molecule has 3 aromatic carbocycles. The van der Waals surface area contributed by atoms with Gasteiger partial charge in [0.05, 0.1) is 35.7 Å². The highest BCUT2D eigenvalue weighted by Crippen LogP contribution is 2.23. The Morgan fingerprint density at radius 3 is 2.21 bits per heavy atom. The molecule has 0 amide bonds. The fourth-order valence-corrected chi connectivity index (χ4v) is 3.24. The van der Waals surface area contributed by atoms with E-state index in [4.69, 9.17) is 10.00 Å². The molecule has 3 rings (SSSR count). The molecular formula is C25H27N3O. The van der Waals surface area contributed by atoms with Crippen molar-refractivity contribution in [1.82, 2.24) is 0 Å². The zero-order chi connectivity index (χ0) is 20.5. The largest absolute Gasteiger partial charge is 0.383 e. The van der Waals surface area contributed by atoms with Crippen molar-refractivity contribution in [3.8, 4) is 6.07 Å². The van der Waals surface area contributed by atoms with Gasteiger partial charge < -0.3 is 15.4 Å². The third-order valence-electron chi connectivity index (χ3n) is 4.82. The van der Waals surface area contributed by atoms with Crippen molar-refractivity contribution in [3.05, 3.63) is 95.1 Å². The second kappa shape index (κ2) is 10.3. The molecule has 0 fully saturated rings. The van der Waals surface area contributed by atoms with Crippen LogP contribution < -0.4 is 10.6 Å².